The van der Waals surface area contributed by atoms with E-state index < -0.39 is 0 Å². The van der Waals surface area contributed by atoms with E-state index in [4.69, 9.17) is 0 Å². The Hall–Kier alpha value is -1.16. The molecular formula is C14H24N4. The highest BCUT2D eigenvalue weighted by molar-refractivity contribution is 5.39. The Bertz CT molecular complexity index is 380. The minimum atomic E-state index is 0.579. The second kappa shape index (κ2) is 6.14. The molecule has 1 fully saturated rings. The zero-order valence-electron chi connectivity index (χ0n) is 11.7. The number of hydrogen-bond donors (Lipinski definition) is 1. The Labute approximate surface area is 110 Å². The van der Waals surface area contributed by atoms with E-state index >= 15 is 0 Å². The number of rotatable bonds is 4. The van der Waals surface area contributed by atoms with Gasteiger partial charge in [0.15, 0.2) is 5.82 Å². The number of piperidine rings is 1. The highest BCUT2D eigenvalue weighted by Crippen LogP contribution is 2.23. The highest BCUT2D eigenvalue weighted by atomic mass is 15.3. The second-order valence-electron chi connectivity index (χ2n) is 5.29. The summed E-state index contributed by atoms with van der Waals surface area (Å²) in [5, 5.41) is 11.9. The van der Waals surface area contributed by atoms with Crippen LogP contribution < -0.4 is 10.2 Å². The summed E-state index contributed by atoms with van der Waals surface area (Å²) in [6.07, 6.45) is 4.37. The summed E-state index contributed by atoms with van der Waals surface area (Å²) in [5.74, 6) is 1.74. The maximum absolute atomic E-state index is 4.26. The standard InChI is InChI=1S/C14H24N4/c1-4-15-12(3)13-6-5-7-18(10-13)14-8-11(2)9-16-17-14/h8-9,12-13,15H,4-7,10H2,1-3H3. The summed E-state index contributed by atoms with van der Waals surface area (Å²) in [6, 6.07) is 2.71. The molecule has 100 valence electrons. The van der Waals surface area contributed by atoms with Gasteiger partial charge in [0, 0.05) is 19.1 Å². The molecule has 2 heterocycles. The third-order valence-corrected chi connectivity index (χ3v) is 3.79. The minimum absolute atomic E-state index is 0.579. The lowest BCUT2D eigenvalue weighted by Crippen LogP contribution is -2.44. The number of hydrogen-bond acceptors (Lipinski definition) is 4. The molecule has 0 bridgehead atoms. The van der Waals surface area contributed by atoms with Gasteiger partial charge in [-0.1, -0.05) is 6.92 Å². The summed E-state index contributed by atoms with van der Waals surface area (Å²) >= 11 is 0. The number of anilines is 1. The summed E-state index contributed by atoms with van der Waals surface area (Å²) in [5.41, 5.74) is 1.18. The van der Waals surface area contributed by atoms with Crippen LogP contribution in [-0.4, -0.2) is 35.9 Å². The highest BCUT2D eigenvalue weighted by Gasteiger charge is 2.25. The van der Waals surface area contributed by atoms with Gasteiger partial charge < -0.3 is 10.2 Å². The number of aryl methyl sites for hydroxylation is 1. The van der Waals surface area contributed by atoms with Crippen LogP contribution in [0.3, 0.4) is 0 Å². The zero-order valence-corrected chi connectivity index (χ0v) is 11.7. The van der Waals surface area contributed by atoms with Crippen LogP contribution in [0.5, 0.6) is 0 Å². The monoisotopic (exact) mass is 248 g/mol. The molecule has 1 aromatic rings. The maximum atomic E-state index is 4.26. The number of aromatic nitrogens is 2. The van der Waals surface area contributed by atoms with Crippen LogP contribution in [0, 0.1) is 12.8 Å². The minimum Gasteiger partial charge on any atom is -0.355 e. The molecule has 2 atom stereocenters. The van der Waals surface area contributed by atoms with E-state index in [-0.39, 0.29) is 0 Å². The van der Waals surface area contributed by atoms with Crippen molar-refractivity contribution in [3.63, 3.8) is 0 Å². The van der Waals surface area contributed by atoms with E-state index in [2.05, 4.69) is 47.3 Å². The molecule has 18 heavy (non-hydrogen) atoms. The van der Waals surface area contributed by atoms with Crippen molar-refractivity contribution < 1.29 is 0 Å². The molecule has 4 nitrogen and oxygen atoms in total. The summed E-state index contributed by atoms with van der Waals surface area (Å²) < 4.78 is 0. The molecule has 1 N–H and O–H groups in total. The molecule has 0 saturated carbocycles. The third-order valence-electron chi connectivity index (χ3n) is 3.79. The van der Waals surface area contributed by atoms with Crippen molar-refractivity contribution in [2.45, 2.75) is 39.7 Å². The van der Waals surface area contributed by atoms with Crippen molar-refractivity contribution in [1.82, 2.24) is 15.5 Å². The molecule has 1 aliphatic heterocycles. The molecular weight excluding hydrogens is 224 g/mol. The Balaban J connectivity index is 2.02. The van der Waals surface area contributed by atoms with Crippen molar-refractivity contribution in [1.29, 1.82) is 0 Å². The van der Waals surface area contributed by atoms with Crippen LogP contribution >= 0.6 is 0 Å². The Morgan fingerprint density at radius 1 is 1.56 bits per heavy atom. The Morgan fingerprint density at radius 2 is 2.39 bits per heavy atom. The van der Waals surface area contributed by atoms with Crippen molar-refractivity contribution in [2.75, 3.05) is 24.5 Å². The van der Waals surface area contributed by atoms with E-state index in [0.29, 0.717) is 12.0 Å². The van der Waals surface area contributed by atoms with Crippen LogP contribution in [0.1, 0.15) is 32.3 Å². The smallest absolute Gasteiger partial charge is 0.151 e. The van der Waals surface area contributed by atoms with Crippen LogP contribution in [-0.2, 0) is 0 Å². The molecule has 0 aliphatic carbocycles. The average Bonchev–Trinajstić information content (AvgIpc) is 2.39. The molecule has 1 aliphatic rings. The zero-order chi connectivity index (χ0) is 13.0. The maximum Gasteiger partial charge on any atom is 0.151 e. The fourth-order valence-electron chi connectivity index (χ4n) is 2.72. The van der Waals surface area contributed by atoms with Crippen molar-refractivity contribution in [3.8, 4) is 0 Å². The van der Waals surface area contributed by atoms with Crippen molar-refractivity contribution in [3.05, 3.63) is 17.8 Å². The van der Waals surface area contributed by atoms with Gasteiger partial charge in [-0.05, 0) is 50.8 Å². The number of nitrogens with one attached hydrogen (secondary N) is 1. The van der Waals surface area contributed by atoms with Gasteiger partial charge in [0.2, 0.25) is 0 Å². The summed E-state index contributed by atoms with van der Waals surface area (Å²) in [7, 11) is 0. The van der Waals surface area contributed by atoms with Gasteiger partial charge in [-0.15, -0.1) is 5.10 Å². The normalized spacial score (nSPS) is 21.9. The Morgan fingerprint density at radius 3 is 3.11 bits per heavy atom. The molecule has 1 saturated heterocycles. The van der Waals surface area contributed by atoms with E-state index in [0.717, 1.165) is 25.5 Å². The van der Waals surface area contributed by atoms with E-state index in [1.165, 1.54) is 18.4 Å². The fraction of sp³-hybridized carbons (Fsp3) is 0.714. The number of nitrogens with zero attached hydrogens (tertiary/aromatic N) is 3. The van der Waals surface area contributed by atoms with E-state index in [1.54, 1.807) is 0 Å². The third kappa shape index (κ3) is 3.19. The Kier molecular flexibility index (Phi) is 4.53. The van der Waals surface area contributed by atoms with Crippen molar-refractivity contribution in [2.24, 2.45) is 5.92 Å². The fourth-order valence-corrected chi connectivity index (χ4v) is 2.72. The molecule has 2 unspecified atom stereocenters. The first kappa shape index (κ1) is 13.3. The average molecular weight is 248 g/mol. The molecule has 2 rings (SSSR count). The van der Waals surface area contributed by atoms with Gasteiger partial charge in [0.25, 0.3) is 0 Å². The van der Waals surface area contributed by atoms with Gasteiger partial charge in [0.1, 0.15) is 0 Å². The van der Waals surface area contributed by atoms with Crippen LogP contribution in [0.4, 0.5) is 5.82 Å². The van der Waals surface area contributed by atoms with Crippen LogP contribution in [0.15, 0.2) is 12.3 Å². The largest absolute Gasteiger partial charge is 0.355 e. The lowest BCUT2D eigenvalue weighted by atomic mass is 9.91. The first-order valence-corrected chi connectivity index (χ1v) is 6.98. The lowest BCUT2D eigenvalue weighted by molar-refractivity contribution is 0.323. The molecule has 0 amide bonds. The summed E-state index contributed by atoms with van der Waals surface area (Å²) in [4.78, 5) is 2.38. The lowest BCUT2D eigenvalue weighted by Gasteiger charge is -2.36. The quantitative estimate of drug-likeness (QED) is 0.885. The van der Waals surface area contributed by atoms with Gasteiger partial charge in [-0.3, -0.25) is 0 Å². The van der Waals surface area contributed by atoms with Crippen molar-refractivity contribution >= 4 is 5.82 Å². The second-order valence-corrected chi connectivity index (χ2v) is 5.29. The predicted octanol–water partition coefficient (Wildman–Crippen LogP) is 2.00. The van der Waals surface area contributed by atoms with Crippen LogP contribution in [0.2, 0.25) is 0 Å². The molecule has 0 spiro atoms. The van der Waals surface area contributed by atoms with Gasteiger partial charge >= 0.3 is 0 Å². The molecule has 0 aromatic carbocycles. The van der Waals surface area contributed by atoms with Crippen LogP contribution in [0.25, 0.3) is 0 Å². The summed E-state index contributed by atoms with van der Waals surface area (Å²) in [6.45, 7) is 9.77. The first-order valence-electron chi connectivity index (χ1n) is 6.98. The predicted molar refractivity (Wildman–Crippen MR) is 74.8 cm³/mol. The first-order chi connectivity index (χ1) is 8.70. The SMILES string of the molecule is CCNC(C)C1CCCN(c2cc(C)cnn2)C1. The molecule has 1 aromatic heterocycles. The van der Waals surface area contributed by atoms with E-state index in [1.807, 2.05) is 6.20 Å². The topological polar surface area (TPSA) is 41.0 Å². The van der Waals surface area contributed by atoms with Gasteiger partial charge in [-0.2, -0.15) is 5.10 Å². The van der Waals surface area contributed by atoms with E-state index in [9.17, 15) is 0 Å². The van der Waals surface area contributed by atoms with Gasteiger partial charge in [0.05, 0.1) is 6.20 Å². The van der Waals surface area contributed by atoms with Gasteiger partial charge in [-0.25, -0.2) is 0 Å². The molecule has 0 radical (unpaired) electrons. The molecule has 4 heteroatoms.